The number of aliphatic hydroxyl groups excluding tert-OH is 2. The molecule has 44 heavy (non-hydrogen) atoms. The average Bonchev–Trinajstić information content (AvgIpc) is 3.03. The minimum absolute atomic E-state index is 0.143. The van der Waals surface area contributed by atoms with Crippen LogP contribution >= 0.6 is 0 Å². The van der Waals surface area contributed by atoms with Crippen LogP contribution in [0, 0.1) is 0 Å². The van der Waals surface area contributed by atoms with E-state index in [0.717, 1.165) is 32.1 Å². The number of carbonyl (C=O) groups excluding carboxylic acids is 1. The number of hydrogen-bond donors (Lipinski definition) is 3. The fourth-order valence-electron chi connectivity index (χ4n) is 5.36. The largest absolute Gasteiger partial charge is 0.394 e. The van der Waals surface area contributed by atoms with Gasteiger partial charge in [0.15, 0.2) is 0 Å². The number of carbonyl (C=O) groups is 1. The first kappa shape index (κ1) is 42.3. The molecule has 0 fully saturated rings. The van der Waals surface area contributed by atoms with Crippen LogP contribution in [0.3, 0.4) is 0 Å². The van der Waals surface area contributed by atoms with Crippen molar-refractivity contribution in [2.45, 2.75) is 193 Å². The molecule has 0 saturated heterocycles. The number of aliphatic hydroxyl groups is 2. The van der Waals surface area contributed by atoms with Crippen molar-refractivity contribution in [2.75, 3.05) is 6.61 Å². The molecule has 0 aliphatic rings. The third-order valence-corrected chi connectivity index (χ3v) is 8.30. The van der Waals surface area contributed by atoms with Crippen molar-refractivity contribution in [3.63, 3.8) is 0 Å². The van der Waals surface area contributed by atoms with E-state index in [1.54, 1.807) is 6.08 Å². The lowest BCUT2D eigenvalue weighted by atomic mass is 10.0. The van der Waals surface area contributed by atoms with Gasteiger partial charge in [-0.3, -0.25) is 4.79 Å². The van der Waals surface area contributed by atoms with E-state index in [0.29, 0.717) is 12.8 Å². The summed E-state index contributed by atoms with van der Waals surface area (Å²) in [6, 6.07) is -0.668. The van der Waals surface area contributed by atoms with Gasteiger partial charge in [0.2, 0.25) is 5.91 Å². The second-order valence-electron chi connectivity index (χ2n) is 12.6. The number of rotatable bonds is 33. The molecular weight excluding hydrogens is 542 g/mol. The highest BCUT2D eigenvalue weighted by Gasteiger charge is 2.17. The molecule has 3 N–H and O–H groups in total. The van der Waals surface area contributed by atoms with Crippen molar-refractivity contribution in [3.8, 4) is 0 Å². The van der Waals surface area contributed by atoms with E-state index in [1.807, 2.05) is 12.2 Å². The molecule has 256 valence electrons. The lowest BCUT2D eigenvalue weighted by Gasteiger charge is -2.19. The summed E-state index contributed by atoms with van der Waals surface area (Å²) in [7, 11) is 0. The van der Waals surface area contributed by atoms with E-state index >= 15 is 0 Å². The van der Waals surface area contributed by atoms with Crippen LogP contribution in [0.5, 0.6) is 0 Å². The molecule has 0 aliphatic carbocycles. The van der Waals surface area contributed by atoms with Crippen LogP contribution in [-0.2, 0) is 4.79 Å². The Morgan fingerprint density at radius 1 is 0.545 bits per heavy atom. The zero-order valence-corrected chi connectivity index (χ0v) is 29.2. The molecule has 0 heterocycles. The zero-order valence-electron chi connectivity index (χ0n) is 29.2. The van der Waals surface area contributed by atoms with Gasteiger partial charge in [0, 0.05) is 6.42 Å². The van der Waals surface area contributed by atoms with Gasteiger partial charge < -0.3 is 15.5 Å². The van der Waals surface area contributed by atoms with Crippen molar-refractivity contribution < 1.29 is 15.0 Å². The van der Waals surface area contributed by atoms with Crippen molar-refractivity contribution in [1.82, 2.24) is 5.32 Å². The molecule has 0 saturated carbocycles. The summed E-state index contributed by atoms with van der Waals surface area (Å²) >= 11 is 0. The van der Waals surface area contributed by atoms with Gasteiger partial charge in [0.25, 0.3) is 0 Å². The van der Waals surface area contributed by atoms with Gasteiger partial charge in [0.1, 0.15) is 0 Å². The maximum atomic E-state index is 12.3. The molecule has 4 heteroatoms. The first-order chi connectivity index (χ1) is 21.7. The highest BCUT2D eigenvalue weighted by atomic mass is 16.3. The second-order valence-corrected chi connectivity index (χ2v) is 12.6. The number of allylic oxidation sites excluding steroid dienone is 7. The summed E-state index contributed by atoms with van der Waals surface area (Å²) in [5.74, 6) is -0.143. The number of nitrogens with one attached hydrogen (secondary N) is 1. The predicted octanol–water partition coefficient (Wildman–Crippen LogP) is 11.2. The van der Waals surface area contributed by atoms with Gasteiger partial charge in [-0.25, -0.2) is 0 Å². The molecule has 0 aliphatic heterocycles. The summed E-state index contributed by atoms with van der Waals surface area (Å²) in [4.78, 5) is 12.3. The van der Waals surface area contributed by atoms with Crippen molar-refractivity contribution in [2.24, 2.45) is 0 Å². The van der Waals surface area contributed by atoms with E-state index < -0.39 is 12.1 Å². The Bertz CT molecular complexity index is 711. The predicted molar refractivity (Wildman–Crippen MR) is 193 cm³/mol. The maximum absolute atomic E-state index is 12.3. The van der Waals surface area contributed by atoms with Crippen LogP contribution in [-0.4, -0.2) is 34.9 Å². The highest BCUT2D eigenvalue weighted by molar-refractivity contribution is 5.76. The third kappa shape index (κ3) is 31.8. The summed E-state index contributed by atoms with van der Waals surface area (Å²) in [6.45, 7) is 4.25. The Kier molecular flexibility index (Phi) is 34.5. The van der Waals surface area contributed by atoms with Gasteiger partial charge >= 0.3 is 0 Å². The van der Waals surface area contributed by atoms with Crippen LogP contribution < -0.4 is 5.32 Å². The van der Waals surface area contributed by atoms with E-state index in [2.05, 4.69) is 49.5 Å². The van der Waals surface area contributed by atoms with Crippen molar-refractivity contribution in [1.29, 1.82) is 0 Å². The van der Waals surface area contributed by atoms with E-state index in [-0.39, 0.29) is 12.5 Å². The zero-order chi connectivity index (χ0) is 32.2. The first-order valence-corrected chi connectivity index (χ1v) is 18.9. The summed E-state index contributed by atoms with van der Waals surface area (Å²) in [5, 5.41) is 22.8. The topological polar surface area (TPSA) is 69.6 Å². The van der Waals surface area contributed by atoms with Crippen LogP contribution in [0.1, 0.15) is 181 Å². The molecule has 0 aromatic rings. The van der Waals surface area contributed by atoms with Crippen LogP contribution in [0.15, 0.2) is 48.6 Å². The average molecular weight is 616 g/mol. The van der Waals surface area contributed by atoms with Crippen LogP contribution in [0.4, 0.5) is 0 Å². The Morgan fingerprint density at radius 2 is 0.955 bits per heavy atom. The third-order valence-electron chi connectivity index (χ3n) is 8.30. The summed E-state index contributed by atoms with van der Waals surface area (Å²) < 4.78 is 0. The summed E-state index contributed by atoms with van der Waals surface area (Å²) in [5.41, 5.74) is 0. The van der Waals surface area contributed by atoms with Gasteiger partial charge in [-0.2, -0.15) is 0 Å². The molecule has 0 aromatic carbocycles. The minimum Gasteiger partial charge on any atom is -0.394 e. The molecule has 0 bridgehead atoms. The Morgan fingerprint density at radius 3 is 1.45 bits per heavy atom. The standard InChI is InChI=1S/C40H73NO3/c1-3-5-7-9-11-13-15-17-18-19-20-21-22-24-25-27-29-31-33-35-39(43)38(37-42)41-40(44)36-34-32-30-28-26-23-16-14-12-10-8-6-4-2/h23,25-27,30,32-33,35,38-39,42-43H,3-22,24,28-29,31,34,36-37H2,1-2H3,(H,41,44)/b26-23-,27-25+,32-30-,35-33+. The molecule has 0 radical (unpaired) electrons. The molecule has 0 rings (SSSR count). The van der Waals surface area contributed by atoms with Gasteiger partial charge in [-0.15, -0.1) is 0 Å². The van der Waals surface area contributed by atoms with E-state index in [9.17, 15) is 15.0 Å². The van der Waals surface area contributed by atoms with Crippen molar-refractivity contribution in [3.05, 3.63) is 48.6 Å². The second kappa shape index (κ2) is 35.8. The lowest BCUT2D eigenvalue weighted by Crippen LogP contribution is -2.45. The molecule has 2 atom stereocenters. The molecule has 2 unspecified atom stereocenters. The van der Waals surface area contributed by atoms with Crippen LogP contribution in [0.2, 0.25) is 0 Å². The fraction of sp³-hybridized carbons (Fsp3) is 0.775. The van der Waals surface area contributed by atoms with E-state index in [1.165, 1.54) is 122 Å². The van der Waals surface area contributed by atoms with Crippen LogP contribution in [0.25, 0.3) is 0 Å². The number of amides is 1. The highest BCUT2D eigenvalue weighted by Crippen LogP contribution is 2.13. The van der Waals surface area contributed by atoms with Gasteiger partial charge in [-0.05, 0) is 51.4 Å². The smallest absolute Gasteiger partial charge is 0.220 e. The lowest BCUT2D eigenvalue weighted by molar-refractivity contribution is -0.122. The SMILES string of the molecule is CCCCCCCC/C=C\C/C=C\CCC(=O)NC(CO)C(O)/C=C/CC/C=C/CCCCCCCCCCCCCCC. The monoisotopic (exact) mass is 616 g/mol. The number of hydrogen-bond acceptors (Lipinski definition) is 3. The molecule has 0 aromatic heterocycles. The van der Waals surface area contributed by atoms with E-state index in [4.69, 9.17) is 0 Å². The molecular formula is C40H73NO3. The Labute approximate surface area is 274 Å². The summed E-state index contributed by atoms with van der Waals surface area (Å²) in [6.07, 6.45) is 47.8. The normalized spacial score (nSPS) is 13.6. The van der Waals surface area contributed by atoms with Gasteiger partial charge in [0.05, 0.1) is 18.8 Å². The molecule has 0 spiro atoms. The fourth-order valence-corrected chi connectivity index (χ4v) is 5.36. The van der Waals surface area contributed by atoms with Crippen molar-refractivity contribution >= 4 is 5.91 Å². The Balaban J connectivity index is 3.73. The maximum Gasteiger partial charge on any atom is 0.220 e. The Hall–Kier alpha value is -1.65. The number of unbranched alkanes of at least 4 members (excludes halogenated alkanes) is 20. The van der Waals surface area contributed by atoms with Gasteiger partial charge in [-0.1, -0.05) is 172 Å². The quantitative estimate of drug-likeness (QED) is 0.0508. The molecule has 1 amide bonds. The first-order valence-electron chi connectivity index (χ1n) is 18.9. The molecule has 4 nitrogen and oxygen atoms in total. The minimum atomic E-state index is -0.883.